The van der Waals surface area contributed by atoms with Crippen LogP contribution in [0.15, 0.2) is 24.3 Å². The van der Waals surface area contributed by atoms with E-state index in [0.717, 1.165) is 5.56 Å². The molecule has 0 radical (unpaired) electrons. The third kappa shape index (κ3) is 3.19. The largest absolute Gasteiger partial charge is 0.350 e. The van der Waals surface area contributed by atoms with Gasteiger partial charge in [0.05, 0.1) is 0 Å². The monoisotopic (exact) mass is 309 g/mol. The molecule has 7 nitrogen and oxygen atoms in total. The minimum Gasteiger partial charge on any atom is -0.350 e. The van der Waals surface area contributed by atoms with E-state index in [1.807, 2.05) is 0 Å². The lowest BCUT2D eigenvalue weighted by atomic mass is 10.2. The Labute approximate surface area is 125 Å². The van der Waals surface area contributed by atoms with Crippen LogP contribution in [0, 0.1) is 0 Å². The molecule has 5 amide bonds. The number of amides is 5. The molecular weight excluding hydrogens is 298 g/mol. The molecule has 1 saturated heterocycles. The van der Waals surface area contributed by atoms with E-state index in [2.05, 4.69) is 5.32 Å². The van der Waals surface area contributed by atoms with E-state index in [-0.39, 0.29) is 6.54 Å². The standard InChI is InChI=1S/C13H12ClN3O4/c1-16-11(19)12(20)17(13(16)21)7-10(18)15-6-8-3-2-4-9(14)5-8/h2-5H,6-7H2,1H3,(H,15,18). The van der Waals surface area contributed by atoms with E-state index < -0.39 is 30.3 Å². The van der Waals surface area contributed by atoms with Crippen LogP contribution >= 0.6 is 11.6 Å². The average molecular weight is 310 g/mol. The van der Waals surface area contributed by atoms with Crippen molar-refractivity contribution in [3.05, 3.63) is 34.9 Å². The van der Waals surface area contributed by atoms with Crippen molar-refractivity contribution in [2.75, 3.05) is 13.6 Å². The lowest BCUT2D eigenvalue weighted by Gasteiger charge is -2.12. The number of carbonyl (C=O) groups excluding carboxylic acids is 4. The molecule has 1 aliphatic rings. The number of carbonyl (C=O) groups is 4. The lowest BCUT2D eigenvalue weighted by Crippen LogP contribution is -2.40. The van der Waals surface area contributed by atoms with Crippen molar-refractivity contribution < 1.29 is 19.2 Å². The summed E-state index contributed by atoms with van der Waals surface area (Å²) in [5.74, 6) is -2.48. The van der Waals surface area contributed by atoms with Crippen LogP contribution in [0.2, 0.25) is 5.02 Å². The summed E-state index contributed by atoms with van der Waals surface area (Å²) >= 11 is 5.81. The van der Waals surface area contributed by atoms with Crippen molar-refractivity contribution in [1.29, 1.82) is 0 Å². The number of hydrogen-bond donors (Lipinski definition) is 1. The highest BCUT2D eigenvalue weighted by Crippen LogP contribution is 2.11. The molecule has 110 valence electrons. The number of benzene rings is 1. The van der Waals surface area contributed by atoms with Gasteiger partial charge in [0.25, 0.3) is 0 Å². The number of rotatable bonds is 4. The zero-order chi connectivity index (χ0) is 15.6. The summed E-state index contributed by atoms with van der Waals surface area (Å²) in [5, 5.41) is 3.09. The molecule has 2 rings (SSSR count). The highest BCUT2D eigenvalue weighted by atomic mass is 35.5. The predicted octanol–water partition coefficient (Wildman–Crippen LogP) is 0.377. The molecule has 21 heavy (non-hydrogen) atoms. The van der Waals surface area contributed by atoms with Gasteiger partial charge >= 0.3 is 17.8 Å². The molecule has 1 fully saturated rings. The highest BCUT2D eigenvalue weighted by Gasteiger charge is 2.42. The normalized spacial score (nSPS) is 14.9. The summed E-state index contributed by atoms with van der Waals surface area (Å²) < 4.78 is 0. The maximum absolute atomic E-state index is 11.7. The van der Waals surface area contributed by atoms with Crippen molar-refractivity contribution in [3.63, 3.8) is 0 Å². The lowest BCUT2D eigenvalue weighted by molar-refractivity contribution is -0.143. The maximum atomic E-state index is 11.7. The molecule has 1 aromatic rings. The molecule has 0 bridgehead atoms. The molecule has 0 unspecified atom stereocenters. The predicted molar refractivity (Wildman–Crippen MR) is 73.2 cm³/mol. The molecule has 0 aliphatic carbocycles. The van der Waals surface area contributed by atoms with Crippen LogP contribution in [-0.2, 0) is 20.9 Å². The Balaban J connectivity index is 1.92. The first-order valence-electron chi connectivity index (χ1n) is 6.05. The highest BCUT2D eigenvalue weighted by molar-refractivity contribution is 6.44. The van der Waals surface area contributed by atoms with Gasteiger partial charge in [0.2, 0.25) is 5.91 Å². The number of likely N-dealkylation sites (N-methyl/N-ethyl adjacent to an activating group) is 1. The number of urea groups is 1. The van der Waals surface area contributed by atoms with Gasteiger partial charge in [-0.1, -0.05) is 23.7 Å². The second-order valence-corrected chi connectivity index (χ2v) is 4.88. The van der Waals surface area contributed by atoms with Gasteiger partial charge in [-0.2, -0.15) is 0 Å². The van der Waals surface area contributed by atoms with Gasteiger partial charge in [-0.25, -0.2) is 9.69 Å². The Morgan fingerprint density at radius 2 is 1.95 bits per heavy atom. The smallest absolute Gasteiger partial charge is 0.334 e. The van der Waals surface area contributed by atoms with Crippen molar-refractivity contribution in [3.8, 4) is 0 Å². The van der Waals surface area contributed by atoms with E-state index in [1.165, 1.54) is 7.05 Å². The SMILES string of the molecule is CN1C(=O)C(=O)N(CC(=O)NCc2cccc(Cl)c2)C1=O. The molecule has 0 spiro atoms. The van der Waals surface area contributed by atoms with Crippen LogP contribution in [0.5, 0.6) is 0 Å². The number of hydrogen-bond acceptors (Lipinski definition) is 4. The van der Waals surface area contributed by atoms with E-state index in [1.54, 1.807) is 24.3 Å². The number of halogens is 1. The first-order chi connectivity index (χ1) is 9.90. The fourth-order valence-corrected chi connectivity index (χ4v) is 2.01. The summed E-state index contributed by atoms with van der Waals surface area (Å²) in [6.45, 7) is -0.284. The summed E-state index contributed by atoms with van der Waals surface area (Å²) in [5.41, 5.74) is 0.781. The summed E-state index contributed by atoms with van der Waals surface area (Å²) in [7, 11) is 1.19. The van der Waals surface area contributed by atoms with Gasteiger partial charge in [-0.15, -0.1) is 0 Å². The maximum Gasteiger partial charge on any atom is 0.334 e. The average Bonchev–Trinajstić information content (AvgIpc) is 2.63. The third-order valence-electron chi connectivity index (χ3n) is 2.93. The summed E-state index contributed by atoms with van der Waals surface area (Å²) in [4.78, 5) is 47.4. The minimum absolute atomic E-state index is 0.208. The fourth-order valence-electron chi connectivity index (χ4n) is 1.80. The van der Waals surface area contributed by atoms with Crippen LogP contribution < -0.4 is 5.32 Å². The molecule has 1 N–H and O–H groups in total. The number of nitrogens with zero attached hydrogens (tertiary/aromatic N) is 2. The summed E-state index contributed by atoms with van der Waals surface area (Å²) in [6, 6.07) is 6.10. The van der Waals surface area contributed by atoms with Crippen molar-refractivity contribution >= 4 is 35.4 Å². The van der Waals surface area contributed by atoms with Gasteiger partial charge in [0.1, 0.15) is 6.54 Å². The molecule has 1 aromatic carbocycles. The van der Waals surface area contributed by atoms with E-state index >= 15 is 0 Å². The van der Waals surface area contributed by atoms with Crippen LogP contribution in [0.1, 0.15) is 5.56 Å². The van der Waals surface area contributed by atoms with E-state index in [9.17, 15) is 19.2 Å². The molecular formula is C13H12ClN3O4. The Morgan fingerprint density at radius 1 is 1.24 bits per heavy atom. The topological polar surface area (TPSA) is 86.8 Å². The van der Waals surface area contributed by atoms with E-state index in [4.69, 9.17) is 11.6 Å². The molecule has 1 heterocycles. The van der Waals surface area contributed by atoms with Gasteiger partial charge in [0.15, 0.2) is 0 Å². The van der Waals surface area contributed by atoms with E-state index in [0.29, 0.717) is 14.8 Å². The van der Waals surface area contributed by atoms with Crippen LogP contribution in [-0.4, -0.2) is 47.1 Å². The molecule has 1 aliphatic heterocycles. The van der Waals surface area contributed by atoms with Gasteiger partial charge in [-0.3, -0.25) is 19.3 Å². The first kappa shape index (κ1) is 15.0. The molecule has 8 heteroatoms. The zero-order valence-corrected chi connectivity index (χ0v) is 11.9. The Bertz CT molecular complexity index is 632. The third-order valence-corrected chi connectivity index (χ3v) is 3.17. The second kappa shape index (κ2) is 5.92. The van der Waals surface area contributed by atoms with Crippen molar-refractivity contribution in [1.82, 2.24) is 15.1 Å². The van der Waals surface area contributed by atoms with Crippen molar-refractivity contribution in [2.45, 2.75) is 6.54 Å². The van der Waals surface area contributed by atoms with Crippen LogP contribution in [0.25, 0.3) is 0 Å². The minimum atomic E-state index is -1.000. The Morgan fingerprint density at radius 3 is 2.52 bits per heavy atom. The van der Waals surface area contributed by atoms with Gasteiger partial charge in [0, 0.05) is 18.6 Å². The molecule has 0 aromatic heterocycles. The van der Waals surface area contributed by atoms with Crippen LogP contribution in [0.4, 0.5) is 4.79 Å². The number of imide groups is 2. The van der Waals surface area contributed by atoms with Crippen LogP contribution in [0.3, 0.4) is 0 Å². The quantitative estimate of drug-likeness (QED) is 0.643. The van der Waals surface area contributed by atoms with Crippen molar-refractivity contribution in [2.24, 2.45) is 0 Å². The molecule has 0 saturated carbocycles. The first-order valence-corrected chi connectivity index (χ1v) is 6.42. The number of nitrogens with one attached hydrogen (secondary N) is 1. The Kier molecular flexibility index (Phi) is 4.23. The molecule has 0 atom stereocenters. The van der Waals surface area contributed by atoms with Gasteiger partial charge in [-0.05, 0) is 17.7 Å². The fraction of sp³-hybridized carbons (Fsp3) is 0.231. The Hall–Kier alpha value is -2.41. The zero-order valence-electron chi connectivity index (χ0n) is 11.1. The summed E-state index contributed by atoms with van der Waals surface area (Å²) in [6.07, 6.45) is 0. The van der Waals surface area contributed by atoms with Gasteiger partial charge < -0.3 is 5.32 Å². The second-order valence-electron chi connectivity index (χ2n) is 4.44.